The molecular formula is C15H17N3O4S. The van der Waals surface area contributed by atoms with Crippen LogP contribution in [-0.4, -0.2) is 32.8 Å². The van der Waals surface area contributed by atoms with E-state index in [4.69, 9.17) is 4.74 Å². The van der Waals surface area contributed by atoms with E-state index >= 15 is 0 Å². The Labute approximate surface area is 137 Å². The van der Waals surface area contributed by atoms with Crippen molar-refractivity contribution in [3.8, 4) is 0 Å². The molecule has 0 amide bonds. The van der Waals surface area contributed by atoms with Gasteiger partial charge in [-0.05, 0) is 17.1 Å². The van der Waals surface area contributed by atoms with E-state index in [2.05, 4.69) is 4.98 Å². The largest absolute Gasteiger partial charge is 0.461 e. The third-order valence-electron chi connectivity index (χ3n) is 3.12. The van der Waals surface area contributed by atoms with Gasteiger partial charge in [0.05, 0.1) is 6.42 Å². The fraction of sp³-hybridized carbons (Fsp3) is 0.333. The molecule has 1 aromatic carbocycles. The quantitative estimate of drug-likeness (QED) is 0.319. The summed E-state index contributed by atoms with van der Waals surface area (Å²) in [6, 6.07) is 9.80. The minimum absolute atomic E-state index is 0.0902. The highest BCUT2D eigenvalue weighted by molar-refractivity contribution is 7.99. The molecular weight excluding hydrogens is 318 g/mol. The summed E-state index contributed by atoms with van der Waals surface area (Å²) in [6.07, 6.45) is 1.50. The van der Waals surface area contributed by atoms with E-state index in [1.54, 1.807) is 18.7 Å². The molecule has 1 aromatic heterocycles. The van der Waals surface area contributed by atoms with Crippen LogP contribution >= 0.6 is 11.8 Å². The molecule has 0 aliphatic heterocycles. The highest BCUT2D eigenvalue weighted by atomic mass is 32.2. The molecule has 0 aliphatic rings. The van der Waals surface area contributed by atoms with Crippen LogP contribution < -0.4 is 0 Å². The van der Waals surface area contributed by atoms with E-state index in [1.807, 2.05) is 30.3 Å². The van der Waals surface area contributed by atoms with Crippen LogP contribution in [0.4, 0.5) is 5.82 Å². The van der Waals surface area contributed by atoms with Crippen LogP contribution in [0.1, 0.15) is 12.2 Å². The molecule has 2 aromatic rings. The predicted octanol–water partition coefficient (Wildman–Crippen LogP) is 2.83. The Morgan fingerprint density at radius 2 is 2.13 bits per heavy atom. The number of aromatic nitrogens is 2. The average Bonchev–Trinajstić information content (AvgIpc) is 2.90. The van der Waals surface area contributed by atoms with Gasteiger partial charge in [0, 0.05) is 17.6 Å². The smallest absolute Gasteiger partial charge is 0.342 e. The Morgan fingerprint density at radius 3 is 2.83 bits per heavy atom. The molecule has 0 aliphatic carbocycles. The molecule has 8 heteroatoms. The Balaban J connectivity index is 1.71. The highest BCUT2D eigenvalue weighted by Crippen LogP contribution is 2.18. The first-order valence-corrected chi connectivity index (χ1v) is 8.06. The first kappa shape index (κ1) is 17.0. The van der Waals surface area contributed by atoms with Gasteiger partial charge in [-0.2, -0.15) is 0 Å². The number of esters is 1. The number of imidazole rings is 1. The number of rotatable bonds is 8. The van der Waals surface area contributed by atoms with Gasteiger partial charge in [-0.15, -0.1) is 11.8 Å². The van der Waals surface area contributed by atoms with Gasteiger partial charge in [0.2, 0.25) is 0 Å². The Kier molecular flexibility index (Phi) is 6.16. The standard InChI is InChI=1S/C15H17N3O4S/c1-12-16-11-14(18(20)21)17(12)8-9-22-15(19)7-10-23-13-5-3-2-4-6-13/h2-6,11H,7-10H2,1H3. The lowest BCUT2D eigenvalue weighted by Crippen LogP contribution is -2.14. The van der Waals surface area contributed by atoms with E-state index in [9.17, 15) is 14.9 Å². The van der Waals surface area contributed by atoms with Crippen molar-refractivity contribution in [3.63, 3.8) is 0 Å². The zero-order valence-corrected chi connectivity index (χ0v) is 13.5. The molecule has 0 spiro atoms. The lowest BCUT2D eigenvalue weighted by atomic mass is 10.4. The number of nitro groups is 1. The van der Waals surface area contributed by atoms with Crippen LogP contribution in [-0.2, 0) is 16.1 Å². The zero-order valence-electron chi connectivity index (χ0n) is 12.7. The second-order valence-corrected chi connectivity index (χ2v) is 5.87. The number of thioether (sulfide) groups is 1. The normalized spacial score (nSPS) is 10.5. The van der Waals surface area contributed by atoms with E-state index in [-0.39, 0.29) is 24.9 Å². The maximum absolute atomic E-state index is 11.7. The summed E-state index contributed by atoms with van der Waals surface area (Å²) in [5, 5.41) is 10.8. The third-order valence-corrected chi connectivity index (χ3v) is 4.13. The van der Waals surface area contributed by atoms with Gasteiger partial charge in [0.1, 0.15) is 19.3 Å². The minimum atomic E-state index is -0.502. The fourth-order valence-corrected chi connectivity index (χ4v) is 2.82. The summed E-state index contributed by atoms with van der Waals surface area (Å²) in [5.41, 5.74) is 0. The van der Waals surface area contributed by atoms with Crippen LogP contribution in [0.2, 0.25) is 0 Å². The number of nitrogens with zero attached hydrogens (tertiary/aromatic N) is 3. The lowest BCUT2D eigenvalue weighted by Gasteiger charge is -2.05. The van der Waals surface area contributed by atoms with Crippen molar-refractivity contribution in [3.05, 3.63) is 52.5 Å². The molecule has 0 fully saturated rings. The number of carbonyl (C=O) groups is 1. The van der Waals surface area contributed by atoms with Crippen molar-refractivity contribution in [1.82, 2.24) is 9.55 Å². The van der Waals surface area contributed by atoms with Crippen LogP contribution in [0.25, 0.3) is 0 Å². The van der Waals surface area contributed by atoms with Crippen LogP contribution in [0.3, 0.4) is 0 Å². The molecule has 0 atom stereocenters. The van der Waals surface area contributed by atoms with Crippen molar-refractivity contribution < 1.29 is 14.5 Å². The number of hydrogen-bond acceptors (Lipinski definition) is 6. The monoisotopic (exact) mass is 335 g/mol. The summed E-state index contributed by atoms with van der Waals surface area (Å²) in [7, 11) is 0. The molecule has 0 saturated heterocycles. The summed E-state index contributed by atoms with van der Waals surface area (Å²) in [4.78, 5) is 27.0. The van der Waals surface area contributed by atoms with E-state index in [0.29, 0.717) is 18.0 Å². The zero-order chi connectivity index (χ0) is 16.7. The van der Waals surface area contributed by atoms with Gasteiger partial charge >= 0.3 is 11.8 Å². The number of ether oxygens (including phenoxy) is 1. The molecule has 23 heavy (non-hydrogen) atoms. The second kappa shape index (κ2) is 8.33. The van der Waals surface area contributed by atoms with Crippen LogP contribution in [0.5, 0.6) is 0 Å². The topological polar surface area (TPSA) is 87.3 Å². The summed E-state index contributed by atoms with van der Waals surface area (Å²) >= 11 is 1.58. The summed E-state index contributed by atoms with van der Waals surface area (Å²) in [6.45, 7) is 1.98. The molecule has 7 nitrogen and oxygen atoms in total. The van der Waals surface area contributed by atoms with E-state index < -0.39 is 4.92 Å². The van der Waals surface area contributed by atoms with Crippen LogP contribution in [0, 0.1) is 17.0 Å². The lowest BCUT2D eigenvalue weighted by molar-refractivity contribution is -0.392. The molecule has 122 valence electrons. The van der Waals surface area contributed by atoms with Gasteiger partial charge in [0.25, 0.3) is 0 Å². The van der Waals surface area contributed by atoms with Gasteiger partial charge in [-0.3, -0.25) is 4.79 Å². The molecule has 0 bridgehead atoms. The fourth-order valence-electron chi connectivity index (χ4n) is 1.97. The maximum Gasteiger partial charge on any atom is 0.342 e. The van der Waals surface area contributed by atoms with Crippen molar-refractivity contribution in [2.24, 2.45) is 0 Å². The van der Waals surface area contributed by atoms with Crippen molar-refractivity contribution in [2.45, 2.75) is 24.8 Å². The average molecular weight is 335 g/mol. The summed E-state index contributed by atoms with van der Waals surface area (Å²) < 4.78 is 6.54. The number of carbonyl (C=O) groups excluding carboxylic acids is 1. The minimum Gasteiger partial charge on any atom is -0.461 e. The van der Waals surface area contributed by atoms with E-state index in [0.717, 1.165) is 4.90 Å². The predicted molar refractivity (Wildman–Crippen MR) is 86.4 cm³/mol. The van der Waals surface area contributed by atoms with Crippen molar-refractivity contribution in [2.75, 3.05) is 12.4 Å². The Bertz CT molecular complexity index is 673. The van der Waals surface area contributed by atoms with Gasteiger partial charge < -0.3 is 14.9 Å². The highest BCUT2D eigenvalue weighted by Gasteiger charge is 2.17. The molecule has 1 heterocycles. The van der Waals surface area contributed by atoms with Crippen molar-refractivity contribution in [1.29, 1.82) is 0 Å². The number of aryl methyl sites for hydroxylation is 1. The molecule has 0 unspecified atom stereocenters. The van der Waals surface area contributed by atoms with Gasteiger partial charge in [-0.1, -0.05) is 18.2 Å². The van der Waals surface area contributed by atoms with Gasteiger partial charge in [0.15, 0.2) is 5.82 Å². The summed E-state index contributed by atoms with van der Waals surface area (Å²) in [5.74, 6) is 0.743. The van der Waals surface area contributed by atoms with Crippen LogP contribution in [0.15, 0.2) is 41.4 Å². The van der Waals surface area contributed by atoms with E-state index in [1.165, 1.54) is 10.8 Å². The second-order valence-electron chi connectivity index (χ2n) is 4.70. The van der Waals surface area contributed by atoms with Crippen molar-refractivity contribution >= 4 is 23.5 Å². The Morgan fingerprint density at radius 1 is 1.39 bits per heavy atom. The molecule has 2 rings (SSSR count). The molecule has 0 saturated carbocycles. The first-order chi connectivity index (χ1) is 11.1. The number of benzene rings is 1. The van der Waals surface area contributed by atoms with Gasteiger partial charge in [-0.25, -0.2) is 9.55 Å². The Hall–Kier alpha value is -2.35. The molecule has 0 radical (unpaired) electrons. The number of hydrogen-bond donors (Lipinski definition) is 0. The third kappa shape index (κ3) is 5.10. The first-order valence-electron chi connectivity index (χ1n) is 7.08. The molecule has 0 N–H and O–H groups in total. The maximum atomic E-state index is 11.7. The SMILES string of the molecule is Cc1ncc([N+](=O)[O-])n1CCOC(=O)CCSc1ccccc1.